The molecule has 2 N–H and O–H groups in total. The summed E-state index contributed by atoms with van der Waals surface area (Å²) < 4.78 is 13.3. The van der Waals surface area contributed by atoms with Gasteiger partial charge in [-0.1, -0.05) is 12.1 Å². The van der Waals surface area contributed by atoms with Gasteiger partial charge in [-0.2, -0.15) is 0 Å². The Labute approximate surface area is 155 Å². The summed E-state index contributed by atoms with van der Waals surface area (Å²) in [5.74, 6) is 1.87. The number of piperidine rings is 1. The molecule has 0 aromatic heterocycles. The number of carbonyl (C=O) groups excluding carboxylic acids is 1. The van der Waals surface area contributed by atoms with Crippen LogP contribution in [0.3, 0.4) is 0 Å². The van der Waals surface area contributed by atoms with E-state index in [1.54, 1.807) is 12.1 Å². The third-order valence-electron chi connectivity index (χ3n) is 6.61. The average molecular weight is 367 g/mol. The number of fused-ring (bicyclic) bond motifs is 2. The second-order valence-corrected chi connectivity index (χ2v) is 8.04. The molecular formula is C20H28ClFN2O. The number of nitrogens with zero attached hydrogens (tertiary/aromatic N) is 1. The van der Waals surface area contributed by atoms with Gasteiger partial charge in [0.1, 0.15) is 5.82 Å². The maximum Gasteiger partial charge on any atom is 0.227 e. The van der Waals surface area contributed by atoms with E-state index in [0.29, 0.717) is 23.7 Å². The van der Waals surface area contributed by atoms with Crippen molar-refractivity contribution < 1.29 is 9.18 Å². The number of amides is 1. The summed E-state index contributed by atoms with van der Waals surface area (Å²) in [5, 5.41) is 0. The smallest absolute Gasteiger partial charge is 0.227 e. The molecule has 3 fully saturated rings. The van der Waals surface area contributed by atoms with Crippen LogP contribution in [0.4, 0.5) is 4.39 Å². The van der Waals surface area contributed by atoms with Crippen LogP contribution in [0.5, 0.6) is 0 Å². The first-order valence-corrected chi connectivity index (χ1v) is 9.40. The van der Waals surface area contributed by atoms with Gasteiger partial charge < -0.3 is 10.6 Å². The number of benzene rings is 1. The monoisotopic (exact) mass is 366 g/mol. The number of nitrogens with two attached hydrogens (primary N) is 1. The molecule has 1 aromatic rings. The molecule has 138 valence electrons. The summed E-state index contributed by atoms with van der Waals surface area (Å²) in [4.78, 5) is 15.0. The van der Waals surface area contributed by atoms with Crippen LogP contribution in [0.2, 0.25) is 0 Å². The Hall–Kier alpha value is -1.13. The number of carbonyl (C=O) groups is 1. The third-order valence-corrected chi connectivity index (χ3v) is 6.61. The van der Waals surface area contributed by atoms with Gasteiger partial charge in [0.05, 0.1) is 5.92 Å². The zero-order chi connectivity index (χ0) is 16.7. The van der Waals surface area contributed by atoms with Gasteiger partial charge in [-0.3, -0.25) is 4.79 Å². The summed E-state index contributed by atoms with van der Waals surface area (Å²) in [7, 11) is 0. The van der Waals surface area contributed by atoms with E-state index in [9.17, 15) is 9.18 Å². The lowest BCUT2D eigenvalue weighted by atomic mass is 9.83. The summed E-state index contributed by atoms with van der Waals surface area (Å²) >= 11 is 0. The van der Waals surface area contributed by atoms with Crippen molar-refractivity contribution in [3.8, 4) is 0 Å². The molecule has 3 aliphatic rings. The number of rotatable bonds is 3. The fourth-order valence-electron chi connectivity index (χ4n) is 5.27. The van der Waals surface area contributed by atoms with Crippen LogP contribution in [0.15, 0.2) is 24.3 Å². The normalized spacial score (nSPS) is 31.8. The van der Waals surface area contributed by atoms with Crippen LogP contribution in [-0.2, 0) is 11.2 Å². The first kappa shape index (κ1) is 18.7. The van der Waals surface area contributed by atoms with E-state index >= 15 is 0 Å². The van der Waals surface area contributed by atoms with Gasteiger partial charge in [0.25, 0.3) is 0 Å². The number of halogens is 2. The average Bonchev–Trinajstić information content (AvgIpc) is 3.16. The molecule has 4 rings (SSSR count). The van der Waals surface area contributed by atoms with E-state index in [1.165, 1.54) is 18.9 Å². The molecule has 1 heterocycles. The van der Waals surface area contributed by atoms with Crippen LogP contribution in [-0.4, -0.2) is 29.9 Å². The predicted molar refractivity (Wildman–Crippen MR) is 99.0 cm³/mol. The lowest BCUT2D eigenvalue weighted by Crippen LogP contribution is -2.49. The first-order valence-electron chi connectivity index (χ1n) is 9.40. The Bertz CT molecular complexity index is 615. The minimum absolute atomic E-state index is 0. The van der Waals surface area contributed by atoms with Gasteiger partial charge in [-0.15, -0.1) is 12.4 Å². The molecule has 1 aliphatic heterocycles. The molecule has 0 radical (unpaired) electrons. The highest BCUT2D eigenvalue weighted by atomic mass is 35.5. The Morgan fingerprint density at radius 2 is 1.88 bits per heavy atom. The molecule has 1 saturated heterocycles. The molecule has 2 saturated carbocycles. The van der Waals surface area contributed by atoms with Gasteiger partial charge >= 0.3 is 0 Å². The minimum atomic E-state index is -0.162. The maximum atomic E-state index is 13.3. The SMILES string of the molecule is Cl.NC1C2CCC(C2)C1C(=O)N1CCC(Cc2cccc(F)c2)CC1. The Morgan fingerprint density at radius 3 is 2.52 bits per heavy atom. The third kappa shape index (κ3) is 3.70. The molecule has 2 bridgehead atoms. The number of hydrogen-bond donors (Lipinski definition) is 1. The number of hydrogen-bond acceptors (Lipinski definition) is 2. The van der Waals surface area contributed by atoms with E-state index in [2.05, 4.69) is 0 Å². The van der Waals surface area contributed by atoms with Gasteiger partial charge in [0.15, 0.2) is 0 Å². The number of likely N-dealkylation sites (tertiary alicyclic amines) is 1. The Balaban J connectivity index is 0.00000182. The van der Waals surface area contributed by atoms with Crippen molar-refractivity contribution in [2.45, 2.75) is 44.6 Å². The fourth-order valence-corrected chi connectivity index (χ4v) is 5.27. The highest BCUT2D eigenvalue weighted by Crippen LogP contribution is 2.48. The van der Waals surface area contributed by atoms with E-state index in [0.717, 1.165) is 44.3 Å². The van der Waals surface area contributed by atoms with Crippen molar-refractivity contribution >= 4 is 18.3 Å². The van der Waals surface area contributed by atoms with E-state index in [4.69, 9.17) is 5.73 Å². The van der Waals surface area contributed by atoms with Crippen molar-refractivity contribution in [3.63, 3.8) is 0 Å². The summed E-state index contributed by atoms with van der Waals surface area (Å²) in [6, 6.07) is 6.98. The Kier molecular flexibility index (Phi) is 5.69. The summed E-state index contributed by atoms with van der Waals surface area (Å²) in [6.07, 6.45) is 6.49. The van der Waals surface area contributed by atoms with Crippen LogP contribution in [0, 0.1) is 29.5 Å². The molecule has 25 heavy (non-hydrogen) atoms. The zero-order valence-electron chi connectivity index (χ0n) is 14.6. The second-order valence-electron chi connectivity index (χ2n) is 8.04. The van der Waals surface area contributed by atoms with Crippen molar-refractivity contribution in [1.29, 1.82) is 0 Å². The molecular weight excluding hydrogens is 339 g/mol. The van der Waals surface area contributed by atoms with E-state index < -0.39 is 0 Å². The molecule has 5 heteroatoms. The van der Waals surface area contributed by atoms with Crippen LogP contribution < -0.4 is 5.73 Å². The fraction of sp³-hybridized carbons (Fsp3) is 0.650. The van der Waals surface area contributed by atoms with Crippen molar-refractivity contribution in [2.24, 2.45) is 29.4 Å². The van der Waals surface area contributed by atoms with Crippen molar-refractivity contribution in [1.82, 2.24) is 4.90 Å². The molecule has 1 aromatic carbocycles. The van der Waals surface area contributed by atoms with E-state index in [-0.39, 0.29) is 30.2 Å². The van der Waals surface area contributed by atoms with Crippen LogP contribution in [0.1, 0.15) is 37.7 Å². The van der Waals surface area contributed by atoms with E-state index in [1.807, 2.05) is 11.0 Å². The standard InChI is InChI=1S/C20H27FN2O.ClH/c21-17-3-1-2-14(11-17)10-13-6-8-23(9-7-13)20(24)18-15-4-5-16(12-15)19(18)22;/h1-3,11,13,15-16,18-19H,4-10,12,22H2;1H. The van der Waals surface area contributed by atoms with Gasteiger partial charge in [-0.25, -0.2) is 4.39 Å². The van der Waals surface area contributed by atoms with Crippen LogP contribution >= 0.6 is 12.4 Å². The molecule has 4 atom stereocenters. The molecule has 3 nitrogen and oxygen atoms in total. The largest absolute Gasteiger partial charge is 0.342 e. The summed E-state index contributed by atoms with van der Waals surface area (Å²) in [6.45, 7) is 1.67. The predicted octanol–water partition coefficient (Wildman–Crippen LogP) is 3.40. The topological polar surface area (TPSA) is 46.3 Å². The highest BCUT2D eigenvalue weighted by Gasteiger charge is 2.50. The lowest BCUT2D eigenvalue weighted by Gasteiger charge is -2.37. The first-order chi connectivity index (χ1) is 11.6. The molecule has 4 unspecified atom stereocenters. The summed E-state index contributed by atoms with van der Waals surface area (Å²) in [5.41, 5.74) is 7.40. The van der Waals surface area contributed by atoms with Crippen molar-refractivity contribution in [2.75, 3.05) is 13.1 Å². The van der Waals surface area contributed by atoms with Crippen molar-refractivity contribution in [3.05, 3.63) is 35.6 Å². The van der Waals surface area contributed by atoms with Crippen LogP contribution in [0.25, 0.3) is 0 Å². The second kappa shape index (κ2) is 7.63. The highest BCUT2D eigenvalue weighted by molar-refractivity contribution is 5.85. The lowest BCUT2D eigenvalue weighted by molar-refractivity contribution is -0.139. The molecule has 1 amide bonds. The maximum absolute atomic E-state index is 13.3. The van der Waals surface area contributed by atoms with Gasteiger partial charge in [0.2, 0.25) is 5.91 Å². The molecule has 2 aliphatic carbocycles. The van der Waals surface area contributed by atoms with Gasteiger partial charge in [-0.05, 0) is 74.0 Å². The quantitative estimate of drug-likeness (QED) is 0.891. The Morgan fingerprint density at radius 1 is 1.16 bits per heavy atom. The molecule has 0 spiro atoms. The van der Waals surface area contributed by atoms with Gasteiger partial charge in [0, 0.05) is 19.1 Å². The zero-order valence-corrected chi connectivity index (χ0v) is 15.4. The minimum Gasteiger partial charge on any atom is -0.342 e.